The van der Waals surface area contributed by atoms with Crippen molar-refractivity contribution in [3.63, 3.8) is 0 Å². The van der Waals surface area contributed by atoms with Gasteiger partial charge >= 0.3 is 6.36 Å². The molecule has 0 radical (unpaired) electrons. The molecule has 0 aliphatic rings. The number of anilines is 2. The van der Waals surface area contributed by atoms with Crippen molar-refractivity contribution in [3.8, 4) is 17.0 Å². The Labute approximate surface area is 177 Å². The van der Waals surface area contributed by atoms with E-state index in [-0.39, 0.29) is 11.8 Å². The molecule has 3 rings (SSSR count). The summed E-state index contributed by atoms with van der Waals surface area (Å²) in [7, 11) is 0. The molecule has 158 valence electrons. The minimum Gasteiger partial charge on any atom is -0.406 e. The zero-order valence-corrected chi connectivity index (χ0v) is 17.1. The Morgan fingerprint density at radius 2 is 1.80 bits per heavy atom. The second-order valence-corrected chi connectivity index (χ2v) is 7.26. The number of nitrogens with zero attached hydrogens (tertiary/aromatic N) is 2. The molecule has 2 N–H and O–H groups in total. The first-order chi connectivity index (χ1) is 14.2. The molecule has 1 aromatic heterocycles. The van der Waals surface area contributed by atoms with E-state index >= 15 is 0 Å². The molecule has 3 aromatic rings. The molecule has 0 spiro atoms. The van der Waals surface area contributed by atoms with E-state index in [0.29, 0.717) is 34.6 Å². The summed E-state index contributed by atoms with van der Waals surface area (Å²) in [5, 5.41) is 6.95. The highest BCUT2D eigenvalue weighted by Gasteiger charge is 2.31. The fraction of sp³-hybridized carbons (Fsp3) is 0.238. The van der Waals surface area contributed by atoms with Crippen LogP contribution in [0.1, 0.15) is 19.4 Å². The maximum absolute atomic E-state index is 12.6. The highest BCUT2D eigenvalue weighted by Crippen LogP contribution is 2.29. The molecular weight excluding hydrogens is 417 g/mol. The van der Waals surface area contributed by atoms with Gasteiger partial charge in [0.05, 0.1) is 5.69 Å². The second kappa shape index (κ2) is 9.21. The van der Waals surface area contributed by atoms with Gasteiger partial charge in [0.2, 0.25) is 5.95 Å². The van der Waals surface area contributed by atoms with E-state index in [1.165, 1.54) is 18.2 Å². The Balaban J connectivity index is 1.90. The summed E-state index contributed by atoms with van der Waals surface area (Å²) in [5.74, 6) is 0.564. The van der Waals surface area contributed by atoms with E-state index in [4.69, 9.17) is 11.6 Å². The van der Waals surface area contributed by atoms with Gasteiger partial charge in [-0.1, -0.05) is 35.9 Å². The predicted octanol–water partition coefficient (Wildman–Crippen LogP) is 6.13. The number of alkyl halides is 3. The lowest BCUT2D eigenvalue weighted by Crippen LogP contribution is -2.17. The number of nitrogens with one attached hydrogen (secondary N) is 2. The second-order valence-electron chi connectivity index (χ2n) is 6.82. The normalized spacial score (nSPS) is 11.4. The maximum Gasteiger partial charge on any atom is 0.573 e. The van der Waals surface area contributed by atoms with E-state index in [2.05, 4.69) is 25.3 Å². The van der Waals surface area contributed by atoms with Crippen molar-refractivity contribution >= 4 is 23.4 Å². The lowest BCUT2D eigenvalue weighted by Gasteiger charge is -2.14. The summed E-state index contributed by atoms with van der Waals surface area (Å²) >= 11 is 6.02. The summed E-state index contributed by atoms with van der Waals surface area (Å²) in [6.07, 6.45) is -4.77. The van der Waals surface area contributed by atoms with Crippen LogP contribution in [-0.4, -0.2) is 22.4 Å². The van der Waals surface area contributed by atoms with Crippen LogP contribution in [0, 0.1) is 0 Å². The van der Waals surface area contributed by atoms with E-state index in [1.54, 1.807) is 18.2 Å². The Hall–Kier alpha value is -3.00. The van der Waals surface area contributed by atoms with Gasteiger partial charge in [0, 0.05) is 29.2 Å². The predicted molar refractivity (Wildman–Crippen MR) is 112 cm³/mol. The van der Waals surface area contributed by atoms with Gasteiger partial charge in [-0.2, -0.15) is 4.98 Å². The standard InChI is InChI=1S/C21H20ClF3N4O/c1-13(2)27-20-28-18(15-6-4-8-17(10-15)30-21(23,24)25)11-19(29-20)26-12-14-5-3-7-16(22)9-14/h3-11,13H,12H2,1-2H3,(H2,26,27,28,29). The zero-order chi connectivity index (χ0) is 21.7. The Bertz CT molecular complexity index is 1010. The molecule has 0 aliphatic heterocycles. The average molecular weight is 437 g/mol. The average Bonchev–Trinajstić information content (AvgIpc) is 2.65. The lowest BCUT2D eigenvalue weighted by molar-refractivity contribution is -0.274. The highest BCUT2D eigenvalue weighted by molar-refractivity contribution is 6.30. The molecule has 0 amide bonds. The van der Waals surface area contributed by atoms with Crippen molar-refractivity contribution in [3.05, 3.63) is 65.2 Å². The van der Waals surface area contributed by atoms with Gasteiger partial charge in [0.1, 0.15) is 11.6 Å². The summed E-state index contributed by atoms with van der Waals surface area (Å²) < 4.78 is 41.7. The Morgan fingerprint density at radius 3 is 2.50 bits per heavy atom. The van der Waals surface area contributed by atoms with Crippen molar-refractivity contribution in [1.29, 1.82) is 0 Å². The summed E-state index contributed by atoms with van der Waals surface area (Å²) in [6, 6.07) is 14.8. The molecule has 0 atom stereocenters. The molecule has 0 saturated carbocycles. The third kappa shape index (κ3) is 6.52. The van der Waals surface area contributed by atoms with E-state index in [0.717, 1.165) is 5.56 Å². The third-order valence-corrected chi connectivity index (χ3v) is 4.11. The summed E-state index contributed by atoms with van der Waals surface area (Å²) in [5.41, 5.74) is 1.88. The van der Waals surface area contributed by atoms with Crippen LogP contribution in [0.5, 0.6) is 5.75 Å². The fourth-order valence-electron chi connectivity index (χ4n) is 2.70. The lowest BCUT2D eigenvalue weighted by atomic mass is 10.1. The van der Waals surface area contributed by atoms with Gasteiger partial charge in [-0.15, -0.1) is 13.2 Å². The number of hydrogen-bond donors (Lipinski definition) is 2. The SMILES string of the molecule is CC(C)Nc1nc(NCc2cccc(Cl)c2)cc(-c2cccc(OC(F)(F)F)c2)n1. The topological polar surface area (TPSA) is 59.1 Å². The molecular formula is C21H20ClF3N4O. The van der Waals surface area contributed by atoms with E-state index < -0.39 is 6.36 Å². The van der Waals surface area contributed by atoms with Crippen LogP contribution in [0.25, 0.3) is 11.3 Å². The molecule has 0 aliphatic carbocycles. The molecule has 30 heavy (non-hydrogen) atoms. The van der Waals surface area contributed by atoms with Gasteiger partial charge in [-0.05, 0) is 43.7 Å². The Kier molecular flexibility index (Phi) is 6.66. The van der Waals surface area contributed by atoms with Gasteiger partial charge in [-0.3, -0.25) is 0 Å². The molecule has 1 heterocycles. The van der Waals surface area contributed by atoms with Crippen LogP contribution in [0.3, 0.4) is 0 Å². The molecule has 0 bridgehead atoms. The van der Waals surface area contributed by atoms with Crippen molar-refractivity contribution in [1.82, 2.24) is 9.97 Å². The summed E-state index contributed by atoms with van der Waals surface area (Å²) in [6.45, 7) is 4.34. The monoisotopic (exact) mass is 436 g/mol. The molecule has 0 saturated heterocycles. The fourth-order valence-corrected chi connectivity index (χ4v) is 2.91. The first-order valence-electron chi connectivity index (χ1n) is 9.18. The van der Waals surface area contributed by atoms with E-state index in [9.17, 15) is 13.2 Å². The smallest absolute Gasteiger partial charge is 0.406 e. The highest BCUT2D eigenvalue weighted by atomic mass is 35.5. The van der Waals surface area contributed by atoms with Crippen LogP contribution in [-0.2, 0) is 6.54 Å². The van der Waals surface area contributed by atoms with Crippen LogP contribution in [0.15, 0.2) is 54.6 Å². The first kappa shape index (κ1) is 21.7. The van der Waals surface area contributed by atoms with Crippen LogP contribution in [0.4, 0.5) is 24.9 Å². The van der Waals surface area contributed by atoms with Crippen LogP contribution >= 0.6 is 11.6 Å². The largest absolute Gasteiger partial charge is 0.573 e. The maximum atomic E-state index is 12.6. The zero-order valence-electron chi connectivity index (χ0n) is 16.3. The number of benzene rings is 2. The first-order valence-corrected chi connectivity index (χ1v) is 9.56. The van der Waals surface area contributed by atoms with Crippen molar-refractivity contribution in [2.24, 2.45) is 0 Å². The van der Waals surface area contributed by atoms with Gasteiger partial charge in [-0.25, -0.2) is 4.98 Å². The van der Waals surface area contributed by atoms with Crippen molar-refractivity contribution < 1.29 is 17.9 Å². The van der Waals surface area contributed by atoms with Gasteiger partial charge < -0.3 is 15.4 Å². The third-order valence-electron chi connectivity index (χ3n) is 3.87. The van der Waals surface area contributed by atoms with Gasteiger partial charge in [0.25, 0.3) is 0 Å². The number of rotatable bonds is 7. The van der Waals surface area contributed by atoms with E-state index in [1.807, 2.05) is 32.0 Å². The Morgan fingerprint density at radius 1 is 1.03 bits per heavy atom. The molecule has 5 nitrogen and oxygen atoms in total. The minimum absolute atomic E-state index is 0.0703. The molecule has 0 unspecified atom stereocenters. The van der Waals surface area contributed by atoms with Crippen LogP contribution in [0.2, 0.25) is 5.02 Å². The molecule has 2 aromatic carbocycles. The molecule has 9 heteroatoms. The number of aromatic nitrogens is 2. The summed E-state index contributed by atoms with van der Waals surface area (Å²) in [4.78, 5) is 8.87. The minimum atomic E-state index is -4.77. The number of halogens is 4. The van der Waals surface area contributed by atoms with Crippen molar-refractivity contribution in [2.75, 3.05) is 10.6 Å². The molecule has 0 fully saturated rings. The van der Waals surface area contributed by atoms with Crippen molar-refractivity contribution in [2.45, 2.75) is 32.8 Å². The number of ether oxygens (including phenoxy) is 1. The van der Waals surface area contributed by atoms with Gasteiger partial charge in [0.15, 0.2) is 0 Å². The van der Waals surface area contributed by atoms with Crippen LogP contribution < -0.4 is 15.4 Å². The quantitative estimate of drug-likeness (QED) is 0.466. The number of hydrogen-bond acceptors (Lipinski definition) is 5.